The third kappa shape index (κ3) is 3.14. The van der Waals surface area contributed by atoms with Crippen molar-refractivity contribution in [2.45, 2.75) is 26.4 Å². The molecule has 3 aromatic carbocycles. The lowest BCUT2D eigenvalue weighted by atomic mass is 10.0. The minimum Gasteiger partial charge on any atom is -0.306 e. The molecular weight excluding hydrogens is 254 g/mol. The first-order valence-corrected chi connectivity index (χ1v) is 7.50. The van der Waals surface area contributed by atoms with E-state index in [9.17, 15) is 0 Å². The first kappa shape index (κ1) is 13.8. The molecule has 0 saturated heterocycles. The summed E-state index contributed by atoms with van der Waals surface area (Å²) >= 11 is 0. The van der Waals surface area contributed by atoms with Crippen molar-refractivity contribution in [2.75, 3.05) is 0 Å². The molecule has 0 aromatic heterocycles. The summed E-state index contributed by atoms with van der Waals surface area (Å²) in [6.45, 7) is 5.23. The molecule has 0 fully saturated rings. The standard InChI is InChI=1S/C20H21N/c1-15-10-12-17(13-11-15)16(2)21-14-19-8-5-7-18-6-3-4-9-20(18)19/h3-13,16,21H,14H2,1-2H3/t16-/m0/s1. The van der Waals surface area contributed by atoms with Crippen molar-refractivity contribution in [3.63, 3.8) is 0 Å². The number of nitrogens with one attached hydrogen (secondary N) is 1. The zero-order valence-electron chi connectivity index (χ0n) is 12.6. The SMILES string of the molecule is Cc1ccc([C@H](C)NCc2cccc3ccccc23)cc1. The first-order chi connectivity index (χ1) is 10.2. The molecule has 0 amide bonds. The van der Waals surface area contributed by atoms with Crippen molar-refractivity contribution in [3.8, 4) is 0 Å². The van der Waals surface area contributed by atoms with E-state index in [1.165, 1.54) is 27.5 Å². The second kappa shape index (κ2) is 6.11. The maximum absolute atomic E-state index is 3.63. The summed E-state index contributed by atoms with van der Waals surface area (Å²) < 4.78 is 0. The number of aryl methyl sites for hydroxylation is 1. The number of hydrogen-bond donors (Lipinski definition) is 1. The number of fused-ring (bicyclic) bond motifs is 1. The summed E-state index contributed by atoms with van der Waals surface area (Å²) in [6.07, 6.45) is 0. The minimum atomic E-state index is 0.351. The van der Waals surface area contributed by atoms with E-state index < -0.39 is 0 Å². The summed E-state index contributed by atoms with van der Waals surface area (Å²) in [7, 11) is 0. The van der Waals surface area contributed by atoms with Gasteiger partial charge in [0, 0.05) is 12.6 Å². The highest BCUT2D eigenvalue weighted by atomic mass is 14.9. The smallest absolute Gasteiger partial charge is 0.0294 e. The lowest BCUT2D eigenvalue weighted by Crippen LogP contribution is -2.18. The molecule has 0 radical (unpaired) electrons. The van der Waals surface area contributed by atoms with Crippen LogP contribution in [0.5, 0.6) is 0 Å². The Labute approximate surface area is 126 Å². The van der Waals surface area contributed by atoms with E-state index in [1.54, 1.807) is 0 Å². The fourth-order valence-electron chi connectivity index (χ4n) is 2.68. The third-order valence-corrected chi connectivity index (χ3v) is 4.06. The molecule has 3 rings (SSSR count). The summed E-state index contributed by atoms with van der Waals surface area (Å²) in [6, 6.07) is 24.2. The quantitative estimate of drug-likeness (QED) is 0.706. The molecule has 0 heterocycles. The average Bonchev–Trinajstić information content (AvgIpc) is 2.53. The van der Waals surface area contributed by atoms with Gasteiger partial charge < -0.3 is 5.32 Å². The van der Waals surface area contributed by atoms with Crippen molar-refractivity contribution in [1.29, 1.82) is 0 Å². The molecule has 1 atom stereocenters. The van der Waals surface area contributed by atoms with Gasteiger partial charge in [-0.3, -0.25) is 0 Å². The second-order valence-corrected chi connectivity index (χ2v) is 5.65. The summed E-state index contributed by atoms with van der Waals surface area (Å²) in [5, 5.41) is 6.27. The van der Waals surface area contributed by atoms with Gasteiger partial charge in [0.25, 0.3) is 0 Å². The Balaban J connectivity index is 1.76. The lowest BCUT2D eigenvalue weighted by Gasteiger charge is -2.15. The number of hydrogen-bond acceptors (Lipinski definition) is 1. The van der Waals surface area contributed by atoms with Crippen LogP contribution in [-0.2, 0) is 6.54 Å². The largest absolute Gasteiger partial charge is 0.306 e. The molecule has 0 unspecified atom stereocenters. The normalized spacial score (nSPS) is 12.5. The Bertz CT molecular complexity index is 723. The van der Waals surface area contributed by atoms with Gasteiger partial charge in [0.05, 0.1) is 0 Å². The summed E-state index contributed by atoms with van der Waals surface area (Å²) in [4.78, 5) is 0. The molecular formula is C20H21N. The highest BCUT2D eigenvalue weighted by molar-refractivity contribution is 5.85. The molecule has 106 valence electrons. The predicted molar refractivity (Wildman–Crippen MR) is 90.4 cm³/mol. The molecule has 1 nitrogen and oxygen atoms in total. The van der Waals surface area contributed by atoms with Crippen molar-refractivity contribution in [1.82, 2.24) is 5.32 Å². The Hall–Kier alpha value is -2.12. The summed E-state index contributed by atoms with van der Waals surface area (Å²) in [5.41, 5.74) is 3.99. The number of rotatable bonds is 4. The Morgan fingerprint density at radius 1 is 0.857 bits per heavy atom. The van der Waals surface area contributed by atoms with Crippen molar-refractivity contribution in [3.05, 3.63) is 83.4 Å². The molecule has 0 bridgehead atoms. The van der Waals surface area contributed by atoms with Gasteiger partial charge in [-0.05, 0) is 35.7 Å². The molecule has 0 aliphatic heterocycles. The number of benzene rings is 3. The van der Waals surface area contributed by atoms with Crippen LogP contribution in [0.4, 0.5) is 0 Å². The van der Waals surface area contributed by atoms with Crippen LogP contribution in [0.3, 0.4) is 0 Å². The first-order valence-electron chi connectivity index (χ1n) is 7.50. The van der Waals surface area contributed by atoms with Gasteiger partial charge in [-0.25, -0.2) is 0 Å². The molecule has 1 heteroatoms. The van der Waals surface area contributed by atoms with Gasteiger partial charge in [-0.2, -0.15) is 0 Å². The molecule has 0 spiro atoms. The van der Waals surface area contributed by atoms with E-state index in [-0.39, 0.29) is 0 Å². The predicted octanol–water partition coefficient (Wildman–Crippen LogP) is 5.00. The zero-order chi connectivity index (χ0) is 14.7. The van der Waals surface area contributed by atoms with Crippen LogP contribution in [0.25, 0.3) is 10.8 Å². The van der Waals surface area contributed by atoms with Gasteiger partial charge in [-0.15, -0.1) is 0 Å². The highest BCUT2D eigenvalue weighted by Crippen LogP contribution is 2.20. The Morgan fingerprint density at radius 3 is 2.38 bits per heavy atom. The Kier molecular flexibility index (Phi) is 4.03. The molecule has 0 saturated carbocycles. The molecule has 21 heavy (non-hydrogen) atoms. The van der Waals surface area contributed by atoms with Crippen LogP contribution in [0, 0.1) is 6.92 Å². The average molecular weight is 275 g/mol. The van der Waals surface area contributed by atoms with E-state index in [2.05, 4.69) is 85.9 Å². The van der Waals surface area contributed by atoms with Crippen molar-refractivity contribution < 1.29 is 0 Å². The van der Waals surface area contributed by atoms with Gasteiger partial charge in [0.2, 0.25) is 0 Å². The third-order valence-electron chi connectivity index (χ3n) is 4.06. The van der Waals surface area contributed by atoms with E-state index in [0.717, 1.165) is 6.54 Å². The summed E-state index contributed by atoms with van der Waals surface area (Å²) in [5.74, 6) is 0. The maximum Gasteiger partial charge on any atom is 0.0294 e. The highest BCUT2D eigenvalue weighted by Gasteiger charge is 2.06. The van der Waals surface area contributed by atoms with Crippen LogP contribution < -0.4 is 5.32 Å². The van der Waals surface area contributed by atoms with Crippen molar-refractivity contribution >= 4 is 10.8 Å². The van der Waals surface area contributed by atoms with E-state index in [4.69, 9.17) is 0 Å². The lowest BCUT2D eigenvalue weighted by molar-refractivity contribution is 0.576. The van der Waals surface area contributed by atoms with Crippen molar-refractivity contribution in [2.24, 2.45) is 0 Å². The maximum atomic E-state index is 3.63. The van der Waals surface area contributed by atoms with Gasteiger partial charge in [0.15, 0.2) is 0 Å². The Morgan fingerprint density at radius 2 is 1.57 bits per heavy atom. The van der Waals surface area contributed by atoms with Gasteiger partial charge in [0.1, 0.15) is 0 Å². The van der Waals surface area contributed by atoms with Crippen LogP contribution in [-0.4, -0.2) is 0 Å². The zero-order valence-corrected chi connectivity index (χ0v) is 12.6. The molecule has 0 aliphatic rings. The van der Waals surface area contributed by atoms with Crippen LogP contribution in [0.15, 0.2) is 66.7 Å². The monoisotopic (exact) mass is 275 g/mol. The van der Waals surface area contributed by atoms with E-state index in [0.29, 0.717) is 6.04 Å². The van der Waals surface area contributed by atoms with Crippen LogP contribution in [0.2, 0.25) is 0 Å². The van der Waals surface area contributed by atoms with Crippen LogP contribution in [0.1, 0.15) is 29.7 Å². The molecule has 3 aromatic rings. The fourth-order valence-corrected chi connectivity index (χ4v) is 2.68. The van der Waals surface area contributed by atoms with Gasteiger partial charge >= 0.3 is 0 Å². The van der Waals surface area contributed by atoms with Gasteiger partial charge in [-0.1, -0.05) is 72.3 Å². The van der Waals surface area contributed by atoms with E-state index in [1.807, 2.05) is 0 Å². The molecule has 1 N–H and O–H groups in total. The second-order valence-electron chi connectivity index (χ2n) is 5.65. The molecule has 0 aliphatic carbocycles. The fraction of sp³-hybridized carbons (Fsp3) is 0.200. The topological polar surface area (TPSA) is 12.0 Å². The van der Waals surface area contributed by atoms with E-state index >= 15 is 0 Å². The minimum absolute atomic E-state index is 0.351. The van der Waals surface area contributed by atoms with Crippen LogP contribution >= 0.6 is 0 Å².